The smallest absolute Gasteiger partial charge is 0.0791 e. The van der Waals surface area contributed by atoms with E-state index in [1.54, 1.807) is 23.0 Å². The molecular formula is C3H3NNaS. The molecule has 0 saturated carbocycles. The zero-order valence-electron chi connectivity index (χ0n) is 3.59. The van der Waals surface area contributed by atoms with Gasteiger partial charge in [0.25, 0.3) is 0 Å². The van der Waals surface area contributed by atoms with Crippen LogP contribution in [0.2, 0.25) is 0 Å². The zero-order valence-corrected chi connectivity index (χ0v) is 6.40. The normalized spacial score (nSPS) is 6.67. The molecule has 0 spiro atoms. The molecule has 1 rings (SSSR count). The van der Waals surface area contributed by atoms with Crippen molar-refractivity contribution in [1.82, 2.24) is 4.98 Å². The van der Waals surface area contributed by atoms with E-state index in [1.165, 1.54) is 0 Å². The molecule has 0 saturated heterocycles. The van der Waals surface area contributed by atoms with Crippen LogP contribution in [0.15, 0.2) is 17.1 Å². The first-order valence-electron chi connectivity index (χ1n) is 1.32. The molecule has 1 heterocycles. The second kappa shape index (κ2) is 3.81. The summed E-state index contributed by atoms with van der Waals surface area (Å²) in [6.07, 6.45) is 1.77. The summed E-state index contributed by atoms with van der Waals surface area (Å²) in [5.41, 5.74) is 1.79. The quantitative estimate of drug-likeness (QED) is 0.447. The molecule has 0 unspecified atom stereocenters. The van der Waals surface area contributed by atoms with Crippen LogP contribution in [0.1, 0.15) is 0 Å². The molecule has 1 aromatic rings. The van der Waals surface area contributed by atoms with Crippen molar-refractivity contribution in [2.24, 2.45) is 0 Å². The van der Waals surface area contributed by atoms with Gasteiger partial charge in [0.05, 0.1) is 5.51 Å². The molecule has 0 bridgehead atoms. The van der Waals surface area contributed by atoms with Crippen molar-refractivity contribution in [3.8, 4) is 0 Å². The molecular weight excluding hydrogens is 105 g/mol. The number of nitrogens with zero attached hydrogens (tertiary/aromatic N) is 1. The summed E-state index contributed by atoms with van der Waals surface area (Å²) in [5.74, 6) is 0. The van der Waals surface area contributed by atoms with E-state index in [2.05, 4.69) is 4.98 Å². The van der Waals surface area contributed by atoms with Crippen molar-refractivity contribution >= 4 is 40.9 Å². The predicted molar refractivity (Wildman–Crippen MR) is 27.9 cm³/mol. The van der Waals surface area contributed by atoms with E-state index in [0.717, 1.165) is 0 Å². The molecule has 0 aliphatic carbocycles. The largest absolute Gasteiger partial charge is 0.253 e. The van der Waals surface area contributed by atoms with Gasteiger partial charge in [-0.05, 0) is 0 Å². The molecule has 0 aromatic carbocycles. The van der Waals surface area contributed by atoms with E-state index in [4.69, 9.17) is 0 Å². The van der Waals surface area contributed by atoms with Gasteiger partial charge >= 0.3 is 0 Å². The first-order valence-corrected chi connectivity index (χ1v) is 2.26. The molecule has 0 aliphatic rings. The van der Waals surface area contributed by atoms with Crippen LogP contribution in [0.25, 0.3) is 0 Å². The third-order valence-corrected chi connectivity index (χ3v) is 0.869. The van der Waals surface area contributed by atoms with E-state index >= 15 is 0 Å². The Morgan fingerprint density at radius 3 is 2.50 bits per heavy atom. The van der Waals surface area contributed by atoms with Crippen LogP contribution in [0.5, 0.6) is 0 Å². The SMILES string of the molecule is [Na].c1cscn1. The Bertz CT molecular complexity index is 67.3. The summed E-state index contributed by atoms with van der Waals surface area (Å²) >= 11 is 1.60. The Morgan fingerprint density at radius 2 is 2.33 bits per heavy atom. The maximum atomic E-state index is 3.74. The average molecular weight is 108 g/mol. The third-order valence-electron chi connectivity index (χ3n) is 0.347. The number of aromatic nitrogens is 1. The minimum Gasteiger partial charge on any atom is -0.253 e. The molecule has 1 radical (unpaired) electrons. The molecule has 27 valence electrons. The first-order chi connectivity index (χ1) is 2.50. The van der Waals surface area contributed by atoms with Crippen molar-refractivity contribution in [3.05, 3.63) is 17.1 Å². The number of hydrogen-bond acceptors (Lipinski definition) is 2. The van der Waals surface area contributed by atoms with Gasteiger partial charge in [0.2, 0.25) is 0 Å². The van der Waals surface area contributed by atoms with Gasteiger partial charge in [-0.25, -0.2) is 0 Å². The van der Waals surface area contributed by atoms with E-state index in [-0.39, 0.29) is 29.6 Å². The van der Waals surface area contributed by atoms with Gasteiger partial charge in [0.1, 0.15) is 0 Å². The van der Waals surface area contributed by atoms with E-state index in [1.807, 2.05) is 5.38 Å². The number of thiazole rings is 1. The van der Waals surface area contributed by atoms with Crippen LogP contribution < -0.4 is 0 Å². The molecule has 0 fully saturated rings. The average Bonchev–Trinajstić information content (AvgIpc) is 1.76. The monoisotopic (exact) mass is 108 g/mol. The number of rotatable bonds is 0. The molecule has 0 aliphatic heterocycles. The fourth-order valence-corrected chi connectivity index (χ4v) is 0.527. The molecule has 1 nitrogen and oxygen atoms in total. The van der Waals surface area contributed by atoms with Gasteiger partial charge in [0.15, 0.2) is 0 Å². The molecule has 1 aromatic heterocycles. The summed E-state index contributed by atoms with van der Waals surface area (Å²) in [6, 6.07) is 0. The van der Waals surface area contributed by atoms with Crippen molar-refractivity contribution in [2.45, 2.75) is 0 Å². The van der Waals surface area contributed by atoms with Crippen molar-refractivity contribution in [1.29, 1.82) is 0 Å². The Hall–Kier alpha value is 0.630. The minimum atomic E-state index is 0. The second-order valence-electron chi connectivity index (χ2n) is 0.676. The first kappa shape index (κ1) is 6.63. The van der Waals surface area contributed by atoms with Crippen LogP contribution in [0, 0.1) is 0 Å². The van der Waals surface area contributed by atoms with Gasteiger partial charge in [-0.2, -0.15) is 0 Å². The van der Waals surface area contributed by atoms with Crippen LogP contribution in [-0.2, 0) is 0 Å². The van der Waals surface area contributed by atoms with Crippen molar-refractivity contribution in [2.75, 3.05) is 0 Å². The van der Waals surface area contributed by atoms with Gasteiger partial charge < -0.3 is 0 Å². The van der Waals surface area contributed by atoms with E-state index < -0.39 is 0 Å². The Kier molecular flexibility index (Phi) is 4.21. The standard InChI is InChI=1S/C3H3NS.Na/c1-2-5-3-4-1;/h1-3H;. The van der Waals surface area contributed by atoms with Gasteiger partial charge in [-0.1, -0.05) is 0 Å². The maximum absolute atomic E-state index is 3.74. The predicted octanol–water partition coefficient (Wildman–Crippen LogP) is 0.762. The molecule has 0 amide bonds. The molecule has 0 N–H and O–H groups in total. The number of hydrogen-bond donors (Lipinski definition) is 0. The zero-order chi connectivity index (χ0) is 3.54. The minimum absolute atomic E-state index is 0. The third kappa shape index (κ3) is 1.92. The topological polar surface area (TPSA) is 12.9 Å². The summed E-state index contributed by atoms with van der Waals surface area (Å²) in [7, 11) is 0. The van der Waals surface area contributed by atoms with Crippen molar-refractivity contribution in [3.63, 3.8) is 0 Å². The Labute approximate surface area is 62.7 Å². The van der Waals surface area contributed by atoms with Gasteiger partial charge in [-0.3, -0.25) is 4.98 Å². The van der Waals surface area contributed by atoms with E-state index in [0.29, 0.717) is 0 Å². The Morgan fingerprint density at radius 1 is 1.50 bits per heavy atom. The van der Waals surface area contributed by atoms with Crippen LogP contribution in [-0.4, -0.2) is 34.5 Å². The molecule has 6 heavy (non-hydrogen) atoms. The summed E-state index contributed by atoms with van der Waals surface area (Å²) in [4.78, 5) is 3.74. The van der Waals surface area contributed by atoms with E-state index in [9.17, 15) is 0 Å². The summed E-state index contributed by atoms with van der Waals surface area (Å²) in [5, 5.41) is 1.93. The molecule has 0 atom stereocenters. The van der Waals surface area contributed by atoms with Crippen molar-refractivity contribution < 1.29 is 0 Å². The van der Waals surface area contributed by atoms with Crippen LogP contribution in [0.4, 0.5) is 0 Å². The van der Waals surface area contributed by atoms with Gasteiger partial charge in [0, 0.05) is 41.1 Å². The fraction of sp³-hybridized carbons (Fsp3) is 0. The second-order valence-corrected chi connectivity index (χ2v) is 1.43. The fourth-order valence-electron chi connectivity index (χ4n) is 0.176. The van der Waals surface area contributed by atoms with Crippen LogP contribution >= 0.6 is 11.3 Å². The summed E-state index contributed by atoms with van der Waals surface area (Å²) in [6.45, 7) is 0. The van der Waals surface area contributed by atoms with Gasteiger partial charge in [-0.15, -0.1) is 11.3 Å². The van der Waals surface area contributed by atoms with Crippen LogP contribution in [0.3, 0.4) is 0 Å². The summed E-state index contributed by atoms with van der Waals surface area (Å²) < 4.78 is 0. The molecule has 3 heteroatoms. The maximum Gasteiger partial charge on any atom is 0.0791 e. The Balaban J connectivity index is 0.000000250.